The van der Waals surface area contributed by atoms with Gasteiger partial charge in [0.25, 0.3) is 0 Å². The van der Waals surface area contributed by atoms with Gasteiger partial charge in [-0.05, 0) is 74.0 Å². The Morgan fingerprint density at radius 2 is 2.15 bits per heavy atom. The minimum Gasteiger partial charge on any atom is -0.381 e. The van der Waals surface area contributed by atoms with E-state index >= 15 is 0 Å². The fraction of sp³-hybridized carbons (Fsp3) is 0.455. The van der Waals surface area contributed by atoms with Crippen molar-refractivity contribution in [2.24, 2.45) is 5.92 Å². The van der Waals surface area contributed by atoms with Crippen LogP contribution in [-0.2, 0) is 13.0 Å². The summed E-state index contributed by atoms with van der Waals surface area (Å²) < 4.78 is 0. The minimum absolute atomic E-state index is 0.771. The number of aryl methyl sites for hydroxylation is 2. The molecule has 1 atom stereocenters. The maximum Gasteiger partial charge on any atom is 0.0535 e. The van der Waals surface area contributed by atoms with Crippen molar-refractivity contribution >= 4 is 24.0 Å². The molecule has 1 fully saturated rings. The van der Waals surface area contributed by atoms with Crippen molar-refractivity contribution in [2.75, 3.05) is 36.4 Å². The summed E-state index contributed by atoms with van der Waals surface area (Å²) in [4.78, 5) is 3.68. The Balaban J connectivity index is 1.51. The molecule has 0 bridgehead atoms. The number of rotatable bonds is 5. The second-order valence-corrected chi connectivity index (χ2v) is 8.17. The van der Waals surface area contributed by atoms with Crippen LogP contribution in [0.5, 0.6) is 0 Å². The molecule has 0 aromatic heterocycles. The van der Waals surface area contributed by atoms with Crippen molar-refractivity contribution in [2.45, 2.75) is 37.6 Å². The molecule has 0 aliphatic carbocycles. The van der Waals surface area contributed by atoms with Crippen LogP contribution in [0, 0.1) is 12.8 Å². The number of anilines is 2. The van der Waals surface area contributed by atoms with Crippen LogP contribution in [0.2, 0.25) is 0 Å². The number of nitrogens with one attached hydrogen (secondary N) is 2. The Labute approximate surface area is 162 Å². The van der Waals surface area contributed by atoms with E-state index in [1.54, 1.807) is 0 Å². The van der Waals surface area contributed by atoms with Crippen LogP contribution in [0.4, 0.5) is 11.4 Å². The zero-order valence-electron chi connectivity index (χ0n) is 15.6. The number of nitrogens with zero attached hydrogens (tertiary/aromatic N) is 1. The van der Waals surface area contributed by atoms with Crippen LogP contribution in [-0.4, -0.2) is 26.2 Å². The van der Waals surface area contributed by atoms with E-state index in [-0.39, 0.29) is 0 Å². The van der Waals surface area contributed by atoms with Gasteiger partial charge in [0, 0.05) is 30.2 Å². The van der Waals surface area contributed by atoms with Gasteiger partial charge < -0.3 is 15.5 Å². The van der Waals surface area contributed by atoms with Crippen LogP contribution in [0.25, 0.3) is 0 Å². The fourth-order valence-corrected chi connectivity index (χ4v) is 4.70. The van der Waals surface area contributed by atoms with Crippen LogP contribution in [0.3, 0.4) is 0 Å². The predicted octanol–water partition coefficient (Wildman–Crippen LogP) is 4.26. The summed E-state index contributed by atoms with van der Waals surface area (Å²) >= 11 is 4.86. The molecule has 0 amide bonds. The SMILES string of the molecule is Cc1ccccc1CNc1cc(S)c2c(c1)CCCN2CC1CCNC1. The smallest absolute Gasteiger partial charge is 0.0535 e. The topological polar surface area (TPSA) is 27.3 Å². The fourth-order valence-electron chi connectivity index (χ4n) is 4.28. The molecule has 2 N–H and O–H groups in total. The van der Waals surface area contributed by atoms with Crippen molar-refractivity contribution in [3.8, 4) is 0 Å². The third-order valence-corrected chi connectivity index (χ3v) is 6.09. The number of fused-ring (bicyclic) bond motifs is 1. The maximum atomic E-state index is 4.86. The van der Waals surface area contributed by atoms with Gasteiger partial charge in [-0.25, -0.2) is 0 Å². The van der Waals surface area contributed by atoms with E-state index in [2.05, 4.69) is 58.9 Å². The van der Waals surface area contributed by atoms with Crippen LogP contribution in [0.15, 0.2) is 41.3 Å². The Bertz CT molecular complexity index is 768. The molecule has 3 nitrogen and oxygen atoms in total. The Morgan fingerprint density at radius 1 is 1.27 bits per heavy atom. The van der Waals surface area contributed by atoms with Crippen molar-refractivity contribution in [3.05, 3.63) is 53.1 Å². The molecule has 0 saturated carbocycles. The van der Waals surface area contributed by atoms with Crippen molar-refractivity contribution in [1.29, 1.82) is 0 Å². The molecule has 2 aliphatic heterocycles. The lowest BCUT2D eigenvalue weighted by atomic mass is 9.98. The van der Waals surface area contributed by atoms with E-state index in [1.807, 2.05) is 0 Å². The number of benzene rings is 2. The number of hydrogen-bond acceptors (Lipinski definition) is 4. The molecule has 1 saturated heterocycles. The average molecular weight is 368 g/mol. The molecule has 138 valence electrons. The minimum atomic E-state index is 0.771. The van der Waals surface area contributed by atoms with E-state index in [9.17, 15) is 0 Å². The highest BCUT2D eigenvalue weighted by atomic mass is 32.1. The lowest BCUT2D eigenvalue weighted by Gasteiger charge is -2.34. The Hall–Kier alpha value is -1.65. The van der Waals surface area contributed by atoms with Crippen LogP contribution >= 0.6 is 12.6 Å². The molecule has 4 rings (SSSR count). The normalized spacial score (nSPS) is 19.5. The average Bonchev–Trinajstić information content (AvgIpc) is 3.14. The first-order valence-corrected chi connectivity index (χ1v) is 10.3. The Kier molecular flexibility index (Phi) is 5.41. The third kappa shape index (κ3) is 3.86. The molecule has 26 heavy (non-hydrogen) atoms. The molecule has 0 spiro atoms. The van der Waals surface area contributed by atoms with Gasteiger partial charge in [-0.1, -0.05) is 24.3 Å². The molecular weight excluding hydrogens is 338 g/mol. The molecular formula is C22H29N3S. The van der Waals surface area contributed by atoms with Crippen LogP contribution in [0.1, 0.15) is 29.5 Å². The molecule has 2 aliphatic rings. The van der Waals surface area contributed by atoms with Gasteiger partial charge >= 0.3 is 0 Å². The lowest BCUT2D eigenvalue weighted by molar-refractivity contribution is 0.541. The van der Waals surface area contributed by atoms with Gasteiger partial charge in [0.2, 0.25) is 0 Å². The maximum absolute atomic E-state index is 4.86. The van der Waals surface area contributed by atoms with Crippen molar-refractivity contribution in [3.63, 3.8) is 0 Å². The number of hydrogen-bond donors (Lipinski definition) is 3. The van der Waals surface area contributed by atoms with Crippen molar-refractivity contribution in [1.82, 2.24) is 5.32 Å². The number of thiol groups is 1. The summed E-state index contributed by atoms with van der Waals surface area (Å²) in [6, 6.07) is 13.1. The highest BCUT2D eigenvalue weighted by molar-refractivity contribution is 7.80. The molecule has 2 heterocycles. The highest BCUT2D eigenvalue weighted by Crippen LogP contribution is 2.37. The second kappa shape index (κ2) is 7.93. The van der Waals surface area contributed by atoms with Crippen molar-refractivity contribution < 1.29 is 0 Å². The van der Waals surface area contributed by atoms with Gasteiger partial charge in [-0.15, -0.1) is 12.6 Å². The Morgan fingerprint density at radius 3 is 2.96 bits per heavy atom. The van der Waals surface area contributed by atoms with Gasteiger partial charge in [0.05, 0.1) is 5.69 Å². The largest absolute Gasteiger partial charge is 0.381 e. The van der Waals surface area contributed by atoms with E-state index < -0.39 is 0 Å². The quantitative estimate of drug-likeness (QED) is 0.690. The summed E-state index contributed by atoms with van der Waals surface area (Å²) in [5.41, 5.74) is 6.68. The molecule has 2 aromatic carbocycles. The van der Waals surface area contributed by atoms with E-state index in [0.717, 1.165) is 43.4 Å². The first kappa shape index (κ1) is 17.7. The summed E-state index contributed by atoms with van der Waals surface area (Å²) in [5, 5.41) is 7.09. The van der Waals surface area contributed by atoms with E-state index in [4.69, 9.17) is 12.6 Å². The first-order valence-electron chi connectivity index (χ1n) is 9.80. The van der Waals surface area contributed by atoms with E-state index in [1.165, 1.54) is 47.5 Å². The summed E-state index contributed by atoms with van der Waals surface area (Å²) in [7, 11) is 0. The standard InChI is InChI=1S/C22H29N3S/c1-16-5-2-3-6-19(16)14-24-20-11-18-7-4-10-25(22(18)21(26)12-20)15-17-8-9-23-13-17/h2-3,5-6,11-12,17,23-24,26H,4,7-10,13-15H2,1H3. The summed E-state index contributed by atoms with van der Waals surface area (Å²) in [6.07, 6.45) is 3.69. The van der Waals surface area contributed by atoms with Gasteiger partial charge in [0.15, 0.2) is 0 Å². The summed E-state index contributed by atoms with van der Waals surface area (Å²) in [6.45, 7) is 7.67. The predicted molar refractivity (Wildman–Crippen MR) is 114 cm³/mol. The molecule has 4 heteroatoms. The molecule has 2 aromatic rings. The first-order chi connectivity index (χ1) is 12.7. The van der Waals surface area contributed by atoms with Crippen LogP contribution < -0.4 is 15.5 Å². The zero-order chi connectivity index (χ0) is 17.9. The monoisotopic (exact) mass is 367 g/mol. The second-order valence-electron chi connectivity index (χ2n) is 7.69. The zero-order valence-corrected chi connectivity index (χ0v) is 16.5. The highest BCUT2D eigenvalue weighted by Gasteiger charge is 2.24. The molecule has 0 radical (unpaired) electrons. The van der Waals surface area contributed by atoms with Gasteiger partial charge in [-0.2, -0.15) is 0 Å². The third-order valence-electron chi connectivity index (χ3n) is 5.74. The summed E-state index contributed by atoms with van der Waals surface area (Å²) in [5.74, 6) is 0.771. The van der Waals surface area contributed by atoms with E-state index in [0.29, 0.717) is 0 Å². The molecule has 1 unspecified atom stereocenters. The van der Waals surface area contributed by atoms with Gasteiger partial charge in [0.1, 0.15) is 0 Å². The lowest BCUT2D eigenvalue weighted by Crippen LogP contribution is -2.35. The van der Waals surface area contributed by atoms with Gasteiger partial charge in [-0.3, -0.25) is 0 Å².